The van der Waals surface area contributed by atoms with Gasteiger partial charge in [-0.3, -0.25) is 0 Å². The van der Waals surface area contributed by atoms with Crippen molar-refractivity contribution in [3.05, 3.63) is 80.5 Å². The molecule has 148 valence electrons. The molecule has 0 bridgehead atoms. The summed E-state index contributed by atoms with van der Waals surface area (Å²) in [6.45, 7) is 4.13. The molecule has 0 aliphatic rings. The Bertz CT molecular complexity index is 1240. The molecule has 0 amide bonds. The van der Waals surface area contributed by atoms with Crippen LogP contribution in [-0.2, 0) is 12.4 Å². The number of aryl methyl sites for hydroxylation is 2. The van der Waals surface area contributed by atoms with E-state index in [0.717, 1.165) is 22.1 Å². The molecule has 4 rings (SSSR count). The van der Waals surface area contributed by atoms with Gasteiger partial charge in [-0.25, -0.2) is 4.79 Å². The SMILES string of the molecule is Cc1cc2oc(=O)cc(CSc3nnc(COc4ccccc4Cl)o3)c2cc1C. The summed E-state index contributed by atoms with van der Waals surface area (Å²) in [7, 11) is 0. The largest absolute Gasteiger partial charge is 0.482 e. The van der Waals surface area contributed by atoms with Crippen LogP contribution in [0.5, 0.6) is 5.75 Å². The number of rotatable bonds is 6. The van der Waals surface area contributed by atoms with Gasteiger partial charge in [0.15, 0.2) is 6.61 Å². The normalized spacial score (nSPS) is 11.1. The molecule has 0 unspecified atom stereocenters. The van der Waals surface area contributed by atoms with E-state index in [2.05, 4.69) is 10.2 Å². The van der Waals surface area contributed by atoms with Gasteiger partial charge in [-0.15, -0.1) is 10.2 Å². The summed E-state index contributed by atoms with van der Waals surface area (Å²) in [6, 6.07) is 12.6. The van der Waals surface area contributed by atoms with Gasteiger partial charge < -0.3 is 13.6 Å². The summed E-state index contributed by atoms with van der Waals surface area (Å²) < 4.78 is 16.6. The Labute approximate surface area is 175 Å². The minimum absolute atomic E-state index is 0.119. The van der Waals surface area contributed by atoms with E-state index < -0.39 is 0 Å². The predicted octanol–water partition coefficient (Wildman–Crippen LogP) is 5.32. The molecular formula is C21H17ClN2O4S. The maximum Gasteiger partial charge on any atom is 0.336 e. The number of hydrogen-bond acceptors (Lipinski definition) is 7. The minimum Gasteiger partial charge on any atom is -0.482 e. The zero-order valence-corrected chi connectivity index (χ0v) is 17.3. The molecule has 2 aromatic heterocycles. The van der Waals surface area contributed by atoms with Crippen molar-refractivity contribution < 1.29 is 13.6 Å². The Hall–Kier alpha value is -2.77. The average Bonchev–Trinajstić information content (AvgIpc) is 3.15. The fourth-order valence-corrected chi connectivity index (χ4v) is 3.76. The molecule has 0 saturated carbocycles. The highest BCUT2D eigenvalue weighted by Gasteiger charge is 2.12. The molecule has 0 spiro atoms. The van der Waals surface area contributed by atoms with E-state index in [-0.39, 0.29) is 12.2 Å². The summed E-state index contributed by atoms with van der Waals surface area (Å²) in [5.74, 6) is 1.39. The number of para-hydroxylation sites is 1. The van der Waals surface area contributed by atoms with Gasteiger partial charge in [0.2, 0.25) is 0 Å². The molecule has 29 heavy (non-hydrogen) atoms. The maximum atomic E-state index is 11.9. The van der Waals surface area contributed by atoms with Gasteiger partial charge in [0, 0.05) is 17.2 Å². The Kier molecular flexibility index (Phi) is 5.60. The van der Waals surface area contributed by atoms with E-state index in [0.29, 0.717) is 33.2 Å². The van der Waals surface area contributed by atoms with Crippen LogP contribution >= 0.6 is 23.4 Å². The smallest absolute Gasteiger partial charge is 0.336 e. The third-order valence-electron chi connectivity index (χ3n) is 4.43. The quantitative estimate of drug-likeness (QED) is 0.304. The van der Waals surface area contributed by atoms with E-state index in [1.54, 1.807) is 12.1 Å². The average molecular weight is 429 g/mol. The van der Waals surface area contributed by atoms with Crippen molar-refractivity contribution in [3.63, 3.8) is 0 Å². The molecule has 0 N–H and O–H groups in total. The van der Waals surface area contributed by atoms with Crippen LogP contribution in [0.3, 0.4) is 0 Å². The lowest BCUT2D eigenvalue weighted by Gasteiger charge is -2.07. The highest BCUT2D eigenvalue weighted by Crippen LogP contribution is 2.28. The maximum absolute atomic E-state index is 11.9. The first kappa shape index (κ1) is 19.5. The molecule has 0 atom stereocenters. The van der Waals surface area contributed by atoms with Gasteiger partial charge >= 0.3 is 5.63 Å². The number of benzene rings is 2. The molecule has 0 fully saturated rings. The van der Waals surface area contributed by atoms with Crippen molar-refractivity contribution in [2.45, 2.75) is 31.4 Å². The summed E-state index contributed by atoms with van der Waals surface area (Å²) in [5, 5.41) is 9.84. The molecule has 0 radical (unpaired) electrons. The summed E-state index contributed by atoms with van der Waals surface area (Å²) in [5.41, 5.74) is 3.27. The molecule has 0 aliphatic carbocycles. The number of ether oxygens (including phenoxy) is 1. The fourth-order valence-electron chi connectivity index (χ4n) is 2.80. The lowest BCUT2D eigenvalue weighted by atomic mass is 10.0. The molecular weight excluding hydrogens is 412 g/mol. The second kappa shape index (κ2) is 8.31. The van der Waals surface area contributed by atoms with Crippen LogP contribution in [0, 0.1) is 13.8 Å². The summed E-state index contributed by atoms with van der Waals surface area (Å²) in [6.07, 6.45) is 0. The van der Waals surface area contributed by atoms with E-state index in [4.69, 9.17) is 25.2 Å². The number of nitrogens with zero attached hydrogens (tertiary/aromatic N) is 2. The molecule has 0 saturated heterocycles. The Morgan fingerprint density at radius 3 is 2.69 bits per heavy atom. The van der Waals surface area contributed by atoms with Gasteiger partial charge in [0.25, 0.3) is 11.1 Å². The molecule has 6 nitrogen and oxygen atoms in total. The zero-order valence-electron chi connectivity index (χ0n) is 15.8. The first-order valence-electron chi connectivity index (χ1n) is 8.86. The second-order valence-electron chi connectivity index (χ2n) is 6.49. The van der Waals surface area contributed by atoms with Crippen LogP contribution < -0.4 is 10.4 Å². The first-order valence-corrected chi connectivity index (χ1v) is 10.2. The van der Waals surface area contributed by atoms with Crippen LogP contribution in [0.2, 0.25) is 5.02 Å². The summed E-state index contributed by atoms with van der Waals surface area (Å²) in [4.78, 5) is 11.9. The molecule has 4 aromatic rings. The topological polar surface area (TPSA) is 78.4 Å². The minimum atomic E-state index is -0.379. The molecule has 2 heterocycles. The van der Waals surface area contributed by atoms with Crippen molar-refractivity contribution in [3.8, 4) is 5.75 Å². The number of hydrogen-bond donors (Lipinski definition) is 0. The predicted molar refractivity (Wildman–Crippen MR) is 112 cm³/mol. The number of fused-ring (bicyclic) bond motifs is 1. The molecule has 8 heteroatoms. The van der Waals surface area contributed by atoms with Crippen LogP contribution in [-0.4, -0.2) is 10.2 Å². The Morgan fingerprint density at radius 1 is 1.07 bits per heavy atom. The van der Waals surface area contributed by atoms with Gasteiger partial charge in [-0.1, -0.05) is 35.5 Å². The lowest BCUT2D eigenvalue weighted by molar-refractivity contribution is 0.252. The third kappa shape index (κ3) is 4.46. The Balaban J connectivity index is 1.47. The number of thioether (sulfide) groups is 1. The standard InChI is InChI=1S/C21H17ClN2O4S/c1-12-7-15-14(9-20(25)27-18(15)8-13(12)2)11-29-21-24-23-19(28-21)10-26-17-6-4-3-5-16(17)22/h3-9H,10-11H2,1-2H3. The van der Waals surface area contributed by atoms with Crippen LogP contribution in [0.25, 0.3) is 11.0 Å². The van der Waals surface area contributed by atoms with E-state index in [9.17, 15) is 4.79 Å². The number of aromatic nitrogens is 2. The van der Waals surface area contributed by atoms with Gasteiger partial charge in [-0.2, -0.15) is 0 Å². The monoisotopic (exact) mass is 428 g/mol. The van der Waals surface area contributed by atoms with E-state index >= 15 is 0 Å². The van der Waals surface area contributed by atoms with E-state index in [1.165, 1.54) is 17.8 Å². The van der Waals surface area contributed by atoms with Crippen molar-refractivity contribution in [2.24, 2.45) is 0 Å². The lowest BCUT2D eigenvalue weighted by Crippen LogP contribution is -2.00. The Morgan fingerprint density at radius 2 is 1.86 bits per heavy atom. The van der Waals surface area contributed by atoms with E-state index in [1.807, 2.05) is 38.1 Å². The van der Waals surface area contributed by atoms with Gasteiger partial charge in [0.05, 0.1) is 5.02 Å². The van der Waals surface area contributed by atoms with Crippen molar-refractivity contribution >= 4 is 34.3 Å². The van der Waals surface area contributed by atoms with Crippen LogP contribution in [0.15, 0.2) is 61.3 Å². The first-order chi connectivity index (χ1) is 14.0. The summed E-state index contributed by atoms with van der Waals surface area (Å²) >= 11 is 7.42. The number of halogens is 1. The highest BCUT2D eigenvalue weighted by molar-refractivity contribution is 7.98. The third-order valence-corrected chi connectivity index (χ3v) is 5.61. The second-order valence-corrected chi connectivity index (χ2v) is 7.83. The highest BCUT2D eigenvalue weighted by atomic mass is 35.5. The van der Waals surface area contributed by atoms with Gasteiger partial charge in [0.1, 0.15) is 11.3 Å². The van der Waals surface area contributed by atoms with Crippen molar-refractivity contribution in [1.82, 2.24) is 10.2 Å². The van der Waals surface area contributed by atoms with Crippen molar-refractivity contribution in [2.75, 3.05) is 0 Å². The van der Waals surface area contributed by atoms with Crippen LogP contribution in [0.1, 0.15) is 22.6 Å². The zero-order chi connectivity index (χ0) is 20.4. The fraction of sp³-hybridized carbons (Fsp3) is 0.190. The van der Waals surface area contributed by atoms with Crippen LogP contribution in [0.4, 0.5) is 0 Å². The molecule has 0 aliphatic heterocycles. The van der Waals surface area contributed by atoms with Gasteiger partial charge in [-0.05, 0) is 54.8 Å². The molecule has 2 aromatic carbocycles. The van der Waals surface area contributed by atoms with Crippen molar-refractivity contribution in [1.29, 1.82) is 0 Å².